The van der Waals surface area contributed by atoms with Gasteiger partial charge in [-0.2, -0.15) is 0 Å². The highest BCUT2D eigenvalue weighted by molar-refractivity contribution is 6.34. The van der Waals surface area contributed by atoms with Crippen molar-refractivity contribution < 1.29 is 9.59 Å². The molecule has 20 heavy (non-hydrogen) atoms. The van der Waals surface area contributed by atoms with Crippen LogP contribution in [-0.4, -0.2) is 34.6 Å². The lowest BCUT2D eigenvalue weighted by molar-refractivity contribution is -0.122. The van der Waals surface area contributed by atoms with Crippen LogP contribution in [0.1, 0.15) is 31.1 Å². The molecule has 0 aromatic carbocycles. The highest BCUT2D eigenvalue weighted by atomic mass is 35.5. The predicted molar refractivity (Wildman–Crippen MR) is 76.8 cm³/mol. The first-order chi connectivity index (χ1) is 9.31. The summed E-state index contributed by atoms with van der Waals surface area (Å²) >= 11 is 11.4. The minimum Gasteiger partial charge on any atom is -0.354 e. The molecule has 0 saturated carbocycles. The zero-order valence-corrected chi connectivity index (χ0v) is 12.9. The van der Waals surface area contributed by atoms with E-state index in [0.29, 0.717) is 12.5 Å². The Balaban J connectivity index is 2.65. The van der Waals surface area contributed by atoms with Gasteiger partial charge in [0.15, 0.2) is 10.3 Å². The first kappa shape index (κ1) is 16.7. The van der Waals surface area contributed by atoms with Crippen LogP contribution in [-0.2, 0) is 4.79 Å². The number of hydrogen-bond donors (Lipinski definition) is 2. The van der Waals surface area contributed by atoms with Gasteiger partial charge >= 0.3 is 0 Å². The molecule has 0 saturated heterocycles. The summed E-state index contributed by atoms with van der Waals surface area (Å²) in [6.07, 6.45) is 0. The number of nitrogens with zero attached hydrogens (tertiary/aromatic N) is 2. The molecule has 0 fully saturated rings. The van der Waals surface area contributed by atoms with E-state index in [1.54, 1.807) is 6.92 Å². The molecule has 110 valence electrons. The lowest BCUT2D eigenvalue weighted by Crippen LogP contribution is -2.45. The molecule has 8 heteroatoms. The molecule has 0 aliphatic rings. The van der Waals surface area contributed by atoms with Gasteiger partial charge in [0.1, 0.15) is 6.04 Å². The largest absolute Gasteiger partial charge is 0.354 e. The van der Waals surface area contributed by atoms with E-state index in [1.165, 1.54) is 6.07 Å². The van der Waals surface area contributed by atoms with Crippen molar-refractivity contribution in [3.05, 3.63) is 21.9 Å². The van der Waals surface area contributed by atoms with Crippen molar-refractivity contribution in [1.82, 2.24) is 20.8 Å². The second kappa shape index (κ2) is 7.40. The molecular weight excluding hydrogens is 303 g/mol. The molecular formula is C12H16Cl2N4O2. The fourth-order valence-corrected chi connectivity index (χ4v) is 1.64. The molecule has 0 bridgehead atoms. The average molecular weight is 319 g/mol. The van der Waals surface area contributed by atoms with Crippen LogP contribution in [0.4, 0.5) is 0 Å². The lowest BCUT2D eigenvalue weighted by atomic mass is 10.2. The monoisotopic (exact) mass is 318 g/mol. The Kier molecular flexibility index (Phi) is 6.16. The first-order valence-electron chi connectivity index (χ1n) is 6.08. The van der Waals surface area contributed by atoms with Gasteiger partial charge in [-0.05, 0) is 18.9 Å². The highest BCUT2D eigenvalue weighted by Gasteiger charge is 2.19. The molecule has 0 radical (unpaired) electrons. The van der Waals surface area contributed by atoms with Crippen molar-refractivity contribution >= 4 is 35.0 Å². The molecule has 0 aliphatic heterocycles. The van der Waals surface area contributed by atoms with Crippen molar-refractivity contribution in [2.75, 3.05) is 6.54 Å². The van der Waals surface area contributed by atoms with E-state index >= 15 is 0 Å². The number of carbonyl (C=O) groups is 2. The minimum absolute atomic E-state index is 0.0523. The van der Waals surface area contributed by atoms with Crippen LogP contribution in [0.5, 0.6) is 0 Å². The van der Waals surface area contributed by atoms with Crippen LogP contribution in [0, 0.1) is 5.92 Å². The Bertz CT molecular complexity index is 508. The van der Waals surface area contributed by atoms with Crippen LogP contribution >= 0.6 is 23.2 Å². The summed E-state index contributed by atoms with van der Waals surface area (Å²) in [5.74, 6) is -0.463. The van der Waals surface area contributed by atoms with Crippen LogP contribution in [0.2, 0.25) is 10.3 Å². The Morgan fingerprint density at radius 2 is 1.90 bits per heavy atom. The average Bonchev–Trinajstić information content (AvgIpc) is 2.38. The van der Waals surface area contributed by atoms with E-state index in [0.717, 1.165) is 0 Å². The van der Waals surface area contributed by atoms with Gasteiger partial charge in [0, 0.05) is 6.54 Å². The Hall–Kier alpha value is -1.40. The summed E-state index contributed by atoms with van der Waals surface area (Å²) in [5.41, 5.74) is 0.0789. The molecule has 6 nitrogen and oxygen atoms in total. The van der Waals surface area contributed by atoms with Gasteiger partial charge in [-0.1, -0.05) is 37.0 Å². The van der Waals surface area contributed by atoms with Crippen LogP contribution < -0.4 is 10.6 Å². The van der Waals surface area contributed by atoms with Gasteiger partial charge in [-0.3, -0.25) is 9.59 Å². The molecule has 1 atom stereocenters. The third kappa shape index (κ3) is 4.94. The van der Waals surface area contributed by atoms with E-state index in [4.69, 9.17) is 23.2 Å². The zero-order chi connectivity index (χ0) is 15.3. The third-order valence-corrected chi connectivity index (χ3v) is 2.85. The highest BCUT2D eigenvalue weighted by Crippen LogP contribution is 2.15. The fraction of sp³-hybridized carbons (Fsp3) is 0.500. The summed E-state index contributed by atoms with van der Waals surface area (Å²) in [4.78, 5) is 23.7. The number of amides is 2. The second-order valence-electron chi connectivity index (χ2n) is 4.71. The molecule has 2 N–H and O–H groups in total. The summed E-state index contributed by atoms with van der Waals surface area (Å²) in [5, 5.41) is 12.3. The van der Waals surface area contributed by atoms with E-state index in [9.17, 15) is 9.59 Å². The van der Waals surface area contributed by atoms with Crippen molar-refractivity contribution in [2.45, 2.75) is 26.8 Å². The number of aromatic nitrogens is 2. The smallest absolute Gasteiger partial charge is 0.255 e. The summed E-state index contributed by atoms with van der Waals surface area (Å²) in [6, 6.07) is 0.606. The van der Waals surface area contributed by atoms with Crippen LogP contribution in [0.15, 0.2) is 6.07 Å². The van der Waals surface area contributed by atoms with E-state index < -0.39 is 11.9 Å². The second-order valence-corrected chi connectivity index (χ2v) is 5.45. The minimum atomic E-state index is -0.691. The van der Waals surface area contributed by atoms with Gasteiger partial charge in [0.2, 0.25) is 5.91 Å². The number of hydrogen-bond acceptors (Lipinski definition) is 4. The summed E-state index contributed by atoms with van der Waals surface area (Å²) in [6.45, 7) is 6.09. The van der Waals surface area contributed by atoms with Gasteiger partial charge in [0.05, 0.1) is 5.56 Å². The molecule has 1 aromatic heterocycles. The zero-order valence-electron chi connectivity index (χ0n) is 11.4. The normalized spacial score (nSPS) is 12.1. The topological polar surface area (TPSA) is 84.0 Å². The van der Waals surface area contributed by atoms with Gasteiger partial charge in [-0.25, -0.2) is 0 Å². The van der Waals surface area contributed by atoms with Gasteiger partial charge in [-0.15, -0.1) is 10.2 Å². The number of carbonyl (C=O) groups excluding carboxylic acids is 2. The Morgan fingerprint density at radius 1 is 1.25 bits per heavy atom. The maximum atomic E-state index is 12.0. The lowest BCUT2D eigenvalue weighted by Gasteiger charge is -2.15. The standard InChI is InChI=1S/C12H16Cl2N4O2/c1-6(2)5-15-11(19)7(3)16-12(20)8-4-9(13)17-18-10(8)14/h4,6-7H,5H2,1-3H3,(H,15,19)(H,16,20). The maximum absolute atomic E-state index is 12.0. The maximum Gasteiger partial charge on any atom is 0.255 e. The molecule has 1 heterocycles. The van der Waals surface area contributed by atoms with Crippen molar-refractivity contribution in [1.29, 1.82) is 0 Å². The van der Waals surface area contributed by atoms with E-state index in [-0.39, 0.29) is 21.8 Å². The Labute approximate surface area is 127 Å². The number of halogens is 2. The molecule has 1 aromatic rings. The number of rotatable bonds is 5. The van der Waals surface area contributed by atoms with Crippen LogP contribution in [0.3, 0.4) is 0 Å². The van der Waals surface area contributed by atoms with Gasteiger partial charge < -0.3 is 10.6 Å². The molecule has 0 aliphatic carbocycles. The molecule has 2 amide bonds. The third-order valence-electron chi connectivity index (χ3n) is 2.39. The van der Waals surface area contributed by atoms with E-state index in [2.05, 4.69) is 20.8 Å². The fourth-order valence-electron chi connectivity index (χ4n) is 1.31. The molecule has 1 rings (SSSR count). The first-order valence-corrected chi connectivity index (χ1v) is 6.84. The Morgan fingerprint density at radius 3 is 2.50 bits per heavy atom. The number of nitrogens with one attached hydrogen (secondary N) is 2. The van der Waals surface area contributed by atoms with Crippen molar-refractivity contribution in [2.24, 2.45) is 5.92 Å². The molecule has 1 unspecified atom stereocenters. The molecule has 0 spiro atoms. The summed E-state index contributed by atoms with van der Waals surface area (Å²) < 4.78 is 0. The van der Waals surface area contributed by atoms with Crippen molar-refractivity contribution in [3.63, 3.8) is 0 Å². The quantitative estimate of drug-likeness (QED) is 0.865. The van der Waals surface area contributed by atoms with Gasteiger partial charge in [0.25, 0.3) is 5.91 Å². The predicted octanol–water partition coefficient (Wildman–Crippen LogP) is 1.67. The summed E-state index contributed by atoms with van der Waals surface area (Å²) in [7, 11) is 0. The van der Waals surface area contributed by atoms with Crippen LogP contribution in [0.25, 0.3) is 0 Å². The SMILES string of the molecule is CC(C)CNC(=O)C(C)NC(=O)c1cc(Cl)nnc1Cl. The van der Waals surface area contributed by atoms with E-state index in [1.807, 2.05) is 13.8 Å². The van der Waals surface area contributed by atoms with Crippen molar-refractivity contribution in [3.8, 4) is 0 Å².